The summed E-state index contributed by atoms with van der Waals surface area (Å²) in [6, 6.07) is 6.50. The Labute approximate surface area is 116 Å². The highest BCUT2D eigenvalue weighted by atomic mass is 14.8. The topological polar surface area (TPSA) is 24.9 Å². The van der Waals surface area contributed by atoms with Crippen molar-refractivity contribution in [1.29, 1.82) is 0 Å². The maximum atomic E-state index is 4.72. The van der Waals surface area contributed by atoms with Crippen LogP contribution in [0.25, 0.3) is 0 Å². The van der Waals surface area contributed by atoms with Gasteiger partial charge in [-0.1, -0.05) is 6.07 Å². The van der Waals surface area contributed by atoms with E-state index in [4.69, 9.17) is 4.98 Å². The molecule has 4 fully saturated rings. The molecule has 0 amide bonds. The van der Waals surface area contributed by atoms with Crippen molar-refractivity contribution in [2.24, 2.45) is 23.7 Å². The number of pyridine rings is 1. The van der Waals surface area contributed by atoms with Gasteiger partial charge in [0.2, 0.25) is 0 Å². The highest BCUT2D eigenvalue weighted by Crippen LogP contribution is 2.62. The second kappa shape index (κ2) is 4.31. The summed E-state index contributed by atoms with van der Waals surface area (Å²) < 4.78 is 0. The van der Waals surface area contributed by atoms with Crippen LogP contribution in [0, 0.1) is 23.7 Å². The van der Waals surface area contributed by atoms with Crippen LogP contribution in [-0.2, 0) is 5.41 Å². The third kappa shape index (κ3) is 1.76. The molecule has 0 saturated heterocycles. The molecule has 0 aliphatic heterocycles. The summed E-state index contributed by atoms with van der Waals surface area (Å²) in [6.45, 7) is 1.22. The largest absolute Gasteiger partial charge is 0.319 e. The lowest BCUT2D eigenvalue weighted by Gasteiger charge is -2.60. The molecule has 1 heterocycles. The number of nitrogens with one attached hydrogen (secondary N) is 1. The molecule has 5 rings (SSSR count). The molecule has 0 spiro atoms. The minimum atomic E-state index is 0.433. The van der Waals surface area contributed by atoms with Gasteiger partial charge in [-0.2, -0.15) is 0 Å². The molecule has 2 atom stereocenters. The zero-order valence-corrected chi connectivity index (χ0v) is 11.8. The van der Waals surface area contributed by atoms with Crippen LogP contribution in [0.3, 0.4) is 0 Å². The van der Waals surface area contributed by atoms with Crippen molar-refractivity contribution in [1.82, 2.24) is 10.3 Å². The second-order valence-electron chi connectivity index (χ2n) is 7.19. The zero-order chi connectivity index (χ0) is 12.9. The van der Waals surface area contributed by atoms with Crippen molar-refractivity contribution in [3.05, 3.63) is 30.1 Å². The van der Waals surface area contributed by atoms with Crippen LogP contribution in [0.2, 0.25) is 0 Å². The molecule has 19 heavy (non-hydrogen) atoms. The van der Waals surface area contributed by atoms with Crippen molar-refractivity contribution in [3.8, 4) is 0 Å². The maximum Gasteiger partial charge on any atom is 0.0465 e. The molecule has 102 valence electrons. The van der Waals surface area contributed by atoms with E-state index in [-0.39, 0.29) is 0 Å². The first-order valence-electron chi connectivity index (χ1n) is 7.87. The minimum Gasteiger partial charge on any atom is -0.319 e. The van der Waals surface area contributed by atoms with Crippen molar-refractivity contribution >= 4 is 0 Å². The highest BCUT2D eigenvalue weighted by molar-refractivity contribution is 5.23. The molecule has 0 radical (unpaired) electrons. The van der Waals surface area contributed by atoms with Gasteiger partial charge in [-0.3, -0.25) is 4.98 Å². The van der Waals surface area contributed by atoms with Gasteiger partial charge in [0.1, 0.15) is 0 Å². The lowest BCUT2D eigenvalue weighted by molar-refractivity contribution is -0.0562. The van der Waals surface area contributed by atoms with Crippen LogP contribution in [0.15, 0.2) is 24.4 Å². The first kappa shape index (κ1) is 11.9. The summed E-state index contributed by atoms with van der Waals surface area (Å²) in [7, 11) is 2.11. The van der Waals surface area contributed by atoms with Gasteiger partial charge in [-0.05, 0) is 81.5 Å². The van der Waals surface area contributed by atoms with Crippen molar-refractivity contribution in [2.45, 2.75) is 37.5 Å². The van der Waals surface area contributed by atoms with Crippen LogP contribution >= 0.6 is 0 Å². The Bertz CT molecular complexity index is 440. The van der Waals surface area contributed by atoms with Crippen molar-refractivity contribution in [2.75, 3.05) is 13.6 Å². The van der Waals surface area contributed by atoms with Gasteiger partial charge in [0.25, 0.3) is 0 Å². The van der Waals surface area contributed by atoms with E-state index >= 15 is 0 Å². The normalized spacial score (nSPS) is 43.6. The molecule has 4 aliphatic carbocycles. The first-order valence-corrected chi connectivity index (χ1v) is 7.87. The van der Waals surface area contributed by atoms with E-state index in [1.807, 2.05) is 12.3 Å². The van der Waals surface area contributed by atoms with Crippen molar-refractivity contribution in [3.63, 3.8) is 0 Å². The van der Waals surface area contributed by atoms with Crippen LogP contribution < -0.4 is 5.32 Å². The summed E-state index contributed by atoms with van der Waals surface area (Å²) in [4.78, 5) is 4.72. The Morgan fingerprint density at radius 1 is 1.21 bits per heavy atom. The average molecular weight is 256 g/mol. The fourth-order valence-electron chi connectivity index (χ4n) is 5.69. The molecule has 4 saturated carbocycles. The third-order valence-electron chi connectivity index (χ3n) is 6.12. The molecule has 1 aromatic heterocycles. The number of nitrogens with zero attached hydrogens (tertiary/aromatic N) is 1. The molecule has 4 aliphatic rings. The van der Waals surface area contributed by atoms with E-state index in [1.54, 1.807) is 0 Å². The van der Waals surface area contributed by atoms with Crippen LogP contribution in [0.1, 0.15) is 37.8 Å². The molecule has 2 heteroatoms. The first-order chi connectivity index (χ1) is 9.31. The van der Waals surface area contributed by atoms with Gasteiger partial charge >= 0.3 is 0 Å². The molecule has 2 nitrogen and oxygen atoms in total. The fraction of sp³-hybridized carbons (Fsp3) is 0.706. The zero-order valence-electron chi connectivity index (χ0n) is 11.8. The Balaban J connectivity index is 1.67. The quantitative estimate of drug-likeness (QED) is 0.899. The Morgan fingerprint density at radius 2 is 2.00 bits per heavy atom. The SMILES string of the molecule is CNCC1C2CC3CC1CC(c1ccccn1)(C3)C2. The lowest BCUT2D eigenvalue weighted by Crippen LogP contribution is -2.55. The Morgan fingerprint density at radius 3 is 2.63 bits per heavy atom. The highest BCUT2D eigenvalue weighted by Gasteiger charge is 2.55. The maximum absolute atomic E-state index is 4.72. The summed E-state index contributed by atoms with van der Waals surface area (Å²) >= 11 is 0. The summed E-state index contributed by atoms with van der Waals surface area (Å²) in [5.74, 6) is 3.80. The van der Waals surface area contributed by atoms with Crippen LogP contribution in [-0.4, -0.2) is 18.6 Å². The Hall–Kier alpha value is -0.890. The number of aromatic nitrogens is 1. The van der Waals surface area contributed by atoms with Gasteiger partial charge in [0.05, 0.1) is 0 Å². The fourth-order valence-corrected chi connectivity index (χ4v) is 5.69. The van der Waals surface area contributed by atoms with Crippen LogP contribution in [0.4, 0.5) is 0 Å². The molecule has 4 bridgehead atoms. The minimum absolute atomic E-state index is 0.433. The number of rotatable bonds is 3. The molecular formula is C17H24N2. The molecular weight excluding hydrogens is 232 g/mol. The van der Waals surface area contributed by atoms with E-state index < -0.39 is 0 Å². The molecule has 0 aromatic carbocycles. The van der Waals surface area contributed by atoms with Gasteiger partial charge < -0.3 is 5.32 Å². The monoisotopic (exact) mass is 256 g/mol. The summed E-state index contributed by atoms with van der Waals surface area (Å²) in [5, 5.41) is 3.43. The summed E-state index contributed by atoms with van der Waals surface area (Å²) in [5.41, 5.74) is 1.82. The predicted octanol–water partition coefficient (Wildman–Crippen LogP) is 2.99. The number of hydrogen-bond donors (Lipinski definition) is 1. The van der Waals surface area contributed by atoms with Gasteiger partial charge in [0.15, 0.2) is 0 Å². The van der Waals surface area contributed by atoms with Gasteiger partial charge in [-0.25, -0.2) is 0 Å². The molecule has 2 unspecified atom stereocenters. The standard InChI is InChI=1S/C17H24N2/c1-18-11-15-13-6-12-7-14(15)10-17(8-12,9-13)16-4-2-3-5-19-16/h2-5,12-15,18H,6-11H2,1H3. The van der Waals surface area contributed by atoms with Crippen LogP contribution in [0.5, 0.6) is 0 Å². The smallest absolute Gasteiger partial charge is 0.0465 e. The second-order valence-corrected chi connectivity index (χ2v) is 7.19. The van der Waals surface area contributed by atoms with Gasteiger partial charge in [0, 0.05) is 17.3 Å². The lowest BCUT2D eigenvalue weighted by atomic mass is 9.45. The van der Waals surface area contributed by atoms with E-state index in [9.17, 15) is 0 Å². The predicted molar refractivity (Wildman–Crippen MR) is 76.9 cm³/mol. The molecule has 1 N–H and O–H groups in total. The van der Waals surface area contributed by atoms with E-state index in [2.05, 4.69) is 24.5 Å². The summed E-state index contributed by atoms with van der Waals surface area (Å²) in [6.07, 6.45) is 9.14. The molecule has 1 aromatic rings. The third-order valence-corrected chi connectivity index (χ3v) is 6.12. The van der Waals surface area contributed by atoms with E-state index in [0.29, 0.717) is 5.41 Å². The van der Waals surface area contributed by atoms with E-state index in [0.717, 1.165) is 23.7 Å². The van der Waals surface area contributed by atoms with Gasteiger partial charge in [-0.15, -0.1) is 0 Å². The number of hydrogen-bond acceptors (Lipinski definition) is 2. The van der Waals surface area contributed by atoms with E-state index in [1.165, 1.54) is 44.3 Å². The Kier molecular flexibility index (Phi) is 2.70. The van der Waals surface area contributed by atoms with Crippen molar-refractivity contribution < 1.29 is 0 Å². The average Bonchev–Trinajstić information content (AvgIpc) is 2.43.